The molecule has 12 heteroatoms. The van der Waals surface area contributed by atoms with Gasteiger partial charge in [-0.3, -0.25) is 14.4 Å². The number of ether oxygens (including phenoxy) is 1. The molecule has 1 amide bonds. The summed E-state index contributed by atoms with van der Waals surface area (Å²) < 4.78 is 31.6. The van der Waals surface area contributed by atoms with Crippen molar-refractivity contribution < 1.29 is 23.4 Å². The van der Waals surface area contributed by atoms with Crippen LogP contribution in [0.4, 0.5) is 14.9 Å². The summed E-state index contributed by atoms with van der Waals surface area (Å²) in [4.78, 5) is 27.3. The summed E-state index contributed by atoms with van der Waals surface area (Å²) in [6, 6.07) is 7.61. The van der Waals surface area contributed by atoms with Crippen LogP contribution >= 0.6 is 7.37 Å². The SMILES string of the molecule is CC(N=NN(C)N)c1ccc(-c2ccc(N3C[C@H](CCP(C)(=O)O)OC3=O)cc2F)cn1. The molecule has 1 aliphatic rings. The first kappa shape index (κ1) is 23.8. The number of nitrogens with zero attached hydrogens (tertiary/aromatic N) is 5. The number of benzene rings is 1. The molecule has 0 spiro atoms. The van der Waals surface area contributed by atoms with Crippen LogP contribution in [0.3, 0.4) is 0 Å². The molecular formula is C20H26FN6O4P. The van der Waals surface area contributed by atoms with E-state index in [9.17, 15) is 18.6 Å². The Labute approximate surface area is 185 Å². The molecule has 0 radical (unpaired) electrons. The number of carbonyl (C=O) groups is 1. The van der Waals surface area contributed by atoms with Crippen molar-refractivity contribution in [3.05, 3.63) is 48.0 Å². The van der Waals surface area contributed by atoms with Crippen molar-refractivity contribution in [2.24, 2.45) is 16.2 Å². The fourth-order valence-corrected chi connectivity index (χ4v) is 3.97. The number of pyridine rings is 1. The molecule has 10 nitrogen and oxygen atoms in total. The monoisotopic (exact) mass is 464 g/mol. The van der Waals surface area contributed by atoms with Crippen molar-refractivity contribution in [2.75, 3.05) is 31.3 Å². The predicted molar refractivity (Wildman–Crippen MR) is 118 cm³/mol. The molecule has 3 rings (SSSR count). The molecule has 0 saturated carbocycles. The van der Waals surface area contributed by atoms with E-state index in [0.29, 0.717) is 22.5 Å². The highest BCUT2D eigenvalue weighted by molar-refractivity contribution is 7.57. The third-order valence-electron chi connectivity index (χ3n) is 4.90. The zero-order chi connectivity index (χ0) is 23.5. The Morgan fingerprint density at radius 3 is 2.78 bits per heavy atom. The molecular weight excluding hydrogens is 438 g/mol. The maximum absolute atomic E-state index is 14.9. The summed E-state index contributed by atoms with van der Waals surface area (Å²) in [6.45, 7) is 3.27. The van der Waals surface area contributed by atoms with Gasteiger partial charge in [0, 0.05) is 37.2 Å². The molecule has 172 valence electrons. The van der Waals surface area contributed by atoms with Crippen LogP contribution in [-0.2, 0) is 9.30 Å². The standard InChI is InChI=1S/C20H26FN6O4P/c1-13(24-25-26(2)22)19-7-4-14(11-23-19)17-6-5-15(10-18(17)21)27-12-16(31-20(27)28)8-9-32(3,29)30/h4-7,10-11,13,16H,8-9,12,22H2,1-3H3,(H,29,30)/t13?,16-/m0/s1. The second-order valence-electron chi connectivity index (χ2n) is 7.77. The minimum absolute atomic E-state index is 0.0536. The number of hydrogen-bond donors (Lipinski definition) is 2. The number of hydrogen-bond acceptors (Lipinski definition) is 7. The molecule has 1 fully saturated rings. The van der Waals surface area contributed by atoms with Gasteiger partial charge in [0.05, 0.1) is 17.9 Å². The summed E-state index contributed by atoms with van der Waals surface area (Å²) in [6.07, 6.45) is 0.746. The van der Waals surface area contributed by atoms with Crippen molar-refractivity contribution in [2.45, 2.75) is 25.5 Å². The van der Waals surface area contributed by atoms with E-state index >= 15 is 0 Å². The van der Waals surface area contributed by atoms with Crippen LogP contribution in [-0.4, -0.2) is 53.6 Å². The molecule has 0 aliphatic carbocycles. The van der Waals surface area contributed by atoms with E-state index in [2.05, 4.69) is 15.3 Å². The number of amides is 1. The van der Waals surface area contributed by atoms with E-state index in [0.717, 1.165) is 5.12 Å². The Kier molecular flexibility index (Phi) is 7.22. The van der Waals surface area contributed by atoms with Crippen LogP contribution in [0.1, 0.15) is 25.1 Å². The highest BCUT2D eigenvalue weighted by Crippen LogP contribution is 2.37. The topological polar surface area (TPSA) is 134 Å². The number of cyclic esters (lactones) is 1. The van der Waals surface area contributed by atoms with E-state index in [4.69, 9.17) is 10.6 Å². The zero-order valence-electron chi connectivity index (χ0n) is 18.1. The van der Waals surface area contributed by atoms with Crippen LogP contribution in [0.25, 0.3) is 11.1 Å². The molecule has 32 heavy (non-hydrogen) atoms. The molecule has 3 N–H and O–H groups in total. The lowest BCUT2D eigenvalue weighted by atomic mass is 10.1. The van der Waals surface area contributed by atoms with Gasteiger partial charge in [0.2, 0.25) is 0 Å². The third-order valence-corrected chi connectivity index (χ3v) is 5.98. The summed E-state index contributed by atoms with van der Waals surface area (Å²) >= 11 is 0. The summed E-state index contributed by atoms with van der Waals surface area (Å²) in [5.74, 6) is 4.88. The van der Waals surface area contributed by atoms with Gasteiger partial charge in [-0.05, 0) is 37.6 Å². The van der Waals surface area contributed by atoms with Gasteiger partial charge < -0.3 is 9.63 Å². The molecule has 2 unspecified atom stereocenters. The first-order valence-electron chi connectivity index (χ1n) is 9.96. The average Bonchev–Trinajstić information content (AvgIpc) is 3.11. The molecule has 1 aromatic heterocycles. The van der Waals surface area contributed by atoms with Gasteiger partial charge in [0.25, 0.3) is 0 Å². The number of carbonyl (C=O) groups excluding carboxylic acids is 1. The smallest absolute Gasteiger partial charge is 0.414 e. The van der Waals surface area contributed by atoms with Crippen molar-refractivity contribution in [3.63, 3.8) is 0 Å². The fraction of sp³-hybridized carbons (Fsp3) is 0.400. The minimum Gasteiger partial charge on any atom is -0.444 e. The molecule has 2 aromatic rings. The minimum atomic E-state index is -3.19. The number of halogens is 1. The lowest BCUT2D eigenvalue weighted by Gasteiger charge is -2.15. The van der Waals surface area contributed by atoms with Crippen molar-refractivity contribution in [1.82, 2.24) is 10.1 Å². The molecule has 1 aromatic carbocycles. The van der Waals surface area contributed by atoms with Crippen LogP contribution in [0.2, 0.25) is 0 Å². The summed E-state index contributed by atoms with van der Waals surface area (Å²) in [5, 5.41) is 8.86. The molecule has 2 heterocycles. The average molecular weight is 464 g/mol. The molecule has 1 aliphatic heterocycles. The van der Waals surface area contributed by atoms with Gasteiger partial charge in [0.1, 0.15) is 18.0 Å². The van der Waals surface area contributed by atoms with Gasteiger partial charge in [-0.1, -0.05) is 11.3 Å². The lowest BCUT2D eigenvalue weighted by Crippen LogP contribution is -2.24. The fourth-order valence-electron chi connectivity index (χ4n) is 3.20. The maximum Gasteiger partial charge on any atom is 0.414 e. The first-order valence-corrected chi connectivity index (χ1v) is 12.2. The Bertz CT molecular complexity index is 1040. The lowest BCUT2D eigenvalue weighted by molar-refractivity contribution is 0.139. The Balaban J connectivity index is 1.71. The van der Waals surface area contributed by atoms with E-state index in [-0.39, 0.29) is 25.2 Å². The quantitative estimate of drug-likeness (QED) is 0.263. The van der Waals surface area contributed by atoms with E-state index < -0.39 is 25.4 Å². The van der Waals surface area contributed by atoms with Crippen molar-refractivity contribution in [3.8, 4) is 11.1 Å². The molecule has 1 saturated heterocycles. The number of rotatable bonds is 8. The predicted octanol–water partition coefficient (Wildman–Crippen LogP) is 3.74. The normalized spacial score (nSPS) is 19.1. The highest BCUT2D eigenvalue weighted by Gasteiger charge is 2.33. The number of aromatic nitrogens is 1. The van der Waals surface area contributed by atoms with E-state index in [1.165, 1.54) is 17.6 Å². The number of hydrazine groups is 1. The molecule has 3 atom stereocenters. The largest absolute Gasteiger partial charge is 0.444 e. The maximum atomic E-state index is 14.9. The van der Waals surface area contributed by atoms with Crippen LogP contribution in [0.5, 0.6) is 0 Å². The van der Waals surface area contributed by atoms with Gasteiger partial charge in [-0.15, -0.1) is 0 Å². The summed E-state index contributed by atoms with van der Waals surface area (Å²) in [7, 11) is -1.64. The van der Waals surface area contributed by atoms with E-state index in [1.54, 1.807) is 37.5 Å². The summed E-state index contributed by atoms with van der Waals surface area (Å²) in [5.41, 5.74) is 1.91. The van der Waals surface area contributed by atoms with Crippen molar-refractivity contribution in [1.29, 1.82) is 0 Å². The highest BCUT2D eigenvalue weighted by atomic mass is 31.2. The van der Waals surface area contributed by atoms with Gasteiger partial charge in [-0.25, -0.2) is 20.1 Å². The first-order chi connectivity index (χ1) is 15.0. The van der Waals surface area contributed by atoms with Gasteiger partial charge in [0.15, 0.2) is 7.37 Å². The van der Waals surface area contributed by atoms with Crippen LogP contribution in [0.15, 0.2) is 46.9 Å². The number of anilines is 1. The Morgan fingerprint density at radius 1 is 1.44 bits per heavy atom. The Hall–Kier alpha value is -2.88. The van der Waals surface area contributed by atoms with Crippen LogP contribution < -0.4 is 10.7 Å². The third kappa shape index (κ3) is 6.09. The second-order valence-corrected chi connectivity index (χ2v) is 10.3. The molecule has 0 bridgehead atoms. The zero-order valence-corrected chi connectivity index (χ0v) is 18.9. The van der Waals surface area contributed by atoms with Crippen LogP contribution in [0, 0.1) is 5.82 Å². The van der Waals surface area contributed by atoms with Gasteiger partial charge in [-0.2, -0.15) is 5.11 Å². The Morgan fingerprint density at radius 2 is 2.19 bits per heavy atom. The van der Waals surface area contributed by atoms with E-state index in [1.807, 2.05) is 6.92 Å². The van der Waals surface area contributed by atoms with Crippen molar-refractivity contribution >= 4 is 19.1 Å². The number of nitrogens with two attached hydrogens (primary N) is 1. The second kappa shape index (κ2) is 9.72. The van der Waals surface area contributed by atoms with Gasteiger partial charge >= 0.3 is 6.09 Å².